The van der Waals surface area contributed by atoms with E-state index in [9.17, 15) is 4.79 Å². The first-order valence-electron chi connectivity index (χ1n) is 5.14. The molecule has 6 nitrogen and oxygen atoms in total. The van der Waals surface area contributed by atoms with Crippen LogP contribution < -0.4 is 10.6 Å². The van der Waals surface area contributed by atoms with E-state index >= 15 is 0 Å². The van der Waals surface area contributed by atoms with Gasteiger partial charge < -0.3 is 10.6 Å². The number of nitrogens with one attached hydrogen (secondary N) is 2. The van der Waals surface area contributed by atoms with Gasteiger partial charge in [-0.25, -0.2) is 0 Å². The second-order valence-corrected chi connectivity index (χ2v) is 4.03. The van der Waals surface area contributed by atoms with Crippen LogP contribution in [0.15, 0.2) is 0 Å². The van der Waals surface area contributed by atoms with Crippen molar-refractivity contribution in [2.24, 2.45) is 0 Å². The highest BCUT2D eigenvalue weighted by atomic mass is 35.5. The molecular weight excluding hydrogens is 265 g/mol. The summed E-state index contributed by atoms with van der Waals surface area (Å²) >= 11 is 11.2. The van der Waals surface area contributed by atoms with Crippen LogP contribution in [0.5, 0.6) is 0 Å². The average molecular weight is 278 g/mol. The summed E-state index contributed by atoms with van der Waals surface area (Å²) in [4.78, 5) is 22.8. The average Bonchev–Trinajstić information content (AvgIpc) is 2.24. The minimum atomic E-state index is -0.476. The quantitative estimate of drug-likeness (QED) is 0.853. The SMILES string of the molecule is CCCNC(=O)C(C)Nc1nc(Cl)nc(Cl)n1. The van der Waals surface area contributed by atoms with Crippen LogP contribution in [-0.4, -0.2) is 33.4 Å². The Balaban J connectivity index is 2.60. The molecule has 94 valence electrons. The van der Waals surface area contributed by atoms with Crippen LogP contribution in [0.3, 0.4) is 0 Å². The van der Waals surface area contributed by atoms with Gasteiger partial charge in [0.25, 0.3) is 0 Å². The number of carbonyl (C=O) groups is 1. The molecule has 17 heavy (non-hydrogen) atoms. The first kappa shape index (κ1) is 13.9. The van der Waals surface area contributed by atoms with E-state index in [4.69, 9.17) is 23.2 Å². The van der Waals surface area contributed by atoms with Crippen molar-refractivity contribution in [1.82, 2.24) is 20.3 Å². The number of halogens is 2. The molecule has 1 rings (SSSR count). The Morgan fingerprint density at radius 2 is 1.88 bits per heavy atom. The molecule has 0 saturated heterocycles. The zero-order valence-corrected chi connectivity index (χ0v) is 11.0. The van der Waals surface area contributed by atoms with Crippen molar-refractivity contribution in [2.75, 3.05) is 11.9 Å². The van der Waals surface area contributed by atoms with Crippen LogP contribution in [0.4, 0.5) is 5.95 Å². The second kappa shape index (κ2) is 6.56. The summed E-state index contributed by atoms with van der Waals surface area (Å²) < 4.78 is 0. The zero-order valence-electron chi connectivity index (χ0n) is 9.50. The molecule has 1 unspecified atom stereocenters. The first-order chi connectivity index (χ1) is 8.02. The summed E-state index contributed by atoms with van der Waals surface area (Å²) in [6.07, 6.45) is 0.877. The molecule has 1 heterocycles. The van der Waals surface area contributed by atoms with E-state index in [-0.39, 0.29) is 22.4 Å². The van der Waals surface area contributed by atoms with Gasteiger partial charge in [0.1, 0.15) is 6.04 Å². The number of rotatable bonds is 5. The van der Waals surface area contributed by atoms with Gasteiger partial charge in [0.2, 0.25) is 22.4 Å². The summed E-state index contributed by atoms with van der Waals surface area (Å²) in [5.41, 5.74) is 0. The molecular formula is C9H13Cl2N5O. The molecule has 0 saturated carbocycles. The van der Waals surface area contributed by atoms with Crippen molar-refractivity contribution in [3.05, 3.63) is 10.6 Å². The van der Waals surface area contributed by atoms with Crippen molar-refractivity contribution >= 4 is 35.1 Å². The third kappa shape index (κ3) is 4.70. The fourth-order valence-electron chi connectivity index (χ4n) is 1.05. The van der Waals surface area contributed by atoms with Gasteiger partial charge in [-0.1, -0.05) is 6.92 Å². The number of nitrogens with zero attached hydrogens (tertiary/aromatic N) is 3. The van der Waals surface area contributed by atoms with Crippen LogP contribution >= 0.6 is 23.2 Å². The molecule has 0 fully saturated rings. The van der Waals surface area contributed by atoms with E-state index in [0.29, 0.717) is 6.54 Å². The molecule has 1 atom stereocenters. The smallest absolute Gasteiger partial charge is 0.242 e. The second-order valence-electron chi connectivity index (χ2n) is 3.35. The fraction of sp³-hybridized carbons (Fsp3) is 0.556. The molecule has 0 radical (unpaired) electrons. The molecule has 0 aromatic carbocycles. The summed E-state index contributed by atoms with van der Waals surface area (Å²) in [6.45, 7) is 4.30. The van der Waals surface area contributed by atoms with Gasteiger partial charge in [0.15, 0.2) is 0 Å². The van der Waals surface area contributed by atoms with Crippen molar-refractivity contribution in [3.8, 4) is 0 Å². The minimum Gasteiger partial charge on any atom is -0.354 e. The number of aromatic nitrogens is 3. The van der Waals surface area contributed by atoms with Crippen molar-refractivity contribution in [2.45, 2.75) is 26.3 Å². The van der Waals surface area contributed by atoms with E-state index in [1.165, 1.54) is 0 Å². The summed E-state index contributed by atoms with van der Waals surface area (Å²) in [5, 5.41) is 5.49. The van der Waals surface area contributed by atoms with E-state index in [1.54, 1.807) is 6.92 Å². The summed E-state index contributed by atoms with van der Waals surface area (Å²) in [5.74, 6) is 0.0358. The highest BCUT2D eigenvalue weighted by Gasteiger charge is 2.13. The minimum absolute atomic E-state index is 0.0198. The predicted molar refractivity (Wildman–Crippen MR) is 66.2 cm³/mol. The lowest BCUT2D eigenvalue weighted by Crippen LogP contribution is -2.38. The number of amides is 1. The lowest BCUT2D eigenvalue weighted by molar-refractivity contribution is -0.121. The van der Waals surface area contributed by atoms with Gasteiger partial charge in [-0.2, -0.15) is 15.0 Å². The van der Waals surface area contributed by atoms with Gasteiger partial charge in [0.05, 0.1) is 0 Å². The molecule has 1 amide bonds. The summed E-state index contributed by atoms with van der Waals surface area (Å²) in [7, 11) is 0. The van der Waals surface area contributed by atoms with Gasteiger partial charge in [0, 0.05) is 6.54 Å². The van der Waals surface area contributed by atoms with E-state index in [1.807, 2.05) is 6.92 Å². The van der Waals surface area contributed by atoms with Crippen LogP contribution in [-0.2, 0) is 4.79 Å². The normalized spacial score (nSPS) is 12.0. The van der Waals surface area contributed by atoms with Gasteiger partial charge in [-0.3, -0.25) is 4.79 Å². The maximum absolute atomic E-state index is 11.6. The van der Waals surface area contributed by atoms with Crippen LogP contribution in [0.25, 0.3) is 0 Å². The molecule has 1 aromatic heterocycles. The topological polar surface area (TPSA) is 79.8 Å². The van der Waals surface area contributed by atoms with Crippen molar-refractivity contribution in [3.63, 3.8) is 0 Å². The van der Waals surface area contributed by atoms with Gasteiger partial charge in [-0.15, -0.1) is 0 Å². The third-order valence-electron chi connectivity index (χ3n) is 1.87. The van der Waals surface area contributed by atoms with Gasteiger partial charge in [-0.05, 0) is 36.5 Å². The van der Waals surface area contributed by atoms with E-state index in [2.05, 4.69) is 25.6 Å². The van der Waals surface area contributed by atoms with E-state index in [0.717, 1.165) is 6.42 Å². The molecule has 8 heteroatoms. The Hall–Kier alpha value is -1.14. The zero-order chi connectivity index (χ0) is 12.8. The Bertz CT molecular complexity index is 381. The monoisotopic (exact) mass is 277 g/mol. The predicted octanol–water partition coefficient (Wildman–Crippen LogP) is 1.50. The standard InChI is InChI=1S/C9H13Cl2N5O/c1-3-4-12-6(17)5(2)13-9-15-7(10)14-8(11)16-9/h5H,3-4H2,1-2H3,(H,12,17)(H,13,14,15,16). The van der Waals surface area contributed by atoms with Crippen LogP contribution in [0, 0.1) is 0 Å². The highest BCUT2D eigenvalue weighted by molar-refractivity contribution is 6.31. The largest absolute Gasteiger partial charge is 0.354 e. The summed E-state index contributed by atoms with van der Waals surface area (Å²) in [6, 6.07) is -0.476. The van der Waals surface area contributed by atoms with Gasteiger partial charge >= 0.3 is 0 Å². The van der Waals surface area contributed by atoms with Crippen molar-refractivity contribution < 1.29 is 4.79 Å². The van der Waals surface area contributed by atoms with Crippen LogP contribution in [0.2, 0.25) is 10.6 Å². The number of anilines is 1. The number of hydrogen-bond acceptors (Lipinski definition) is 5. The molecule has 0 aliphatic carbocycles. The maximum Gasteiger partial charge on any atom is 0.242 e. The third-order valence-corrected chi connectivity index (χ3v) is 2.21. The Kier molecular flexibility index (Phi) is 5.37. The Morgan fingerprint density at radius 3 is 2.41 bits per heavy atom. The molecule has 0 aliphatic rings. The molecule has 0 aliphatic heterocycles. The lowest BCUT2D eigenvalue weighted by Gasteiger charge is -2.13. The van der Waals surface area contributed by atoms with Crippen molar-refractivity contribution in [1.29, 1.82) is 0 Å². The molecule has 0 spiro atoms. The number of hydrogen-bond donors (Lipinski definition) is 2. The molecule has 0 bridgehead atoms. The lowest BCUT2D eigenvalue weighted by atomic mass is 10.3. The number of carbonyl (C=O) groups excluding carboxylic acids is 1. The fourth-order valence-corrected chi connectivity index (χ4v) is 1.41. The highest BCUT2D eigenvalue weighted by Crippen LogP contribution is 2.10. The Morgan fingerprint density at radius 1 is 1.29 bits per heavy atom. The molecule has 2 N–H and O–H groups in total. The Labute approximate surface area is 109 Å². The van der Waals surface area contributed by atoms with E-state index < -0.39 is 6.04 Å². The molecule has 1 aromatic rings. The van der Waals surface area contributed by atoms with Crippen LogP contribution in [0.1, 0.15) is 20.3 Å². The first-order valence-corrected chi connectivity index (χ1v) is 5.90. The maximum atomic E-state index is 11.6.